The van der Waals surface area contributed by atoms with Gasteiger partial charge in [0.15, 0.2) is 5.96 Å². The molecule has 0 amide bonds. The molecule has 4 rings (SSSR count). The molecule has 1 atom stereocenters. The van der Waals surface area contributed by atoms with E-state index in [0.29, 0.717) is 12.8 Å². The Morgan fingerprint density at radius 2 is 1.02 bits per heavy atom. The monoisotopic (exact) mass is 691 g/mol. The van der Waals surface area contributed by atoms with Crippen molar-refractivity contribution in [1.82, 2.24) is 10.2 Å². The van der Waals surface area contributed by atoms with Crippen LogP contribution in [0, 0.1) is 17.3 Å². The van der Waals surface area contributed by atoms with Gasteiger partial charge in [-0.1, -0.05) is 27.7 Å². The van der Waals surface area contributed by atoms with E-state index in [1.165, 1.54) is 0 Å². The van der Waals surface area contributed by atoms with E-state index in [-0.39, 0.29) is 67.3 Å². The van der Waals surface area contributed by atoms with Gasteiger partial charge in [0, 0.05) is 18.5 Å². The standard InChI is InChI=1S/C31H33F12N3O/c1-16(2)11-26(12-17(3)4)14-44-25-45-24(13-46(25)15-26)27(47,18-5-20(28(32,33)34)9-21(6-18)29(35,36)37)19-7-22(30(38,39)40)10-23(8-19)31(41,42)43/h5-10,16-17,24,47H,11-15H2,1-4H3,(H,44,45)/t24-/m0/s1. The molecule has 262 valence electrons. The van der Waals surface area contributed by atoms with E-state index in [1.807, 2.05) is 27.7 Å². The topological polar surface area (TPSA) is 47.9 Å². The number of hydrogen-bond acceptors (Lipinski definition) is 4. The summed E-state index contributed by atoms with van der Waals surface area (Å²) < 4.78 is 167. The Balaban J connectivity index is 1.98. The van der Waals surface area contributed by atoms with Crippen LogP contribution in [0.5, 0.6) is 0 Å². The molecule has 0 bridgehead atoms. The minimum absolute atomic E-state index is 0.0580. The third-order valence-electron chi connectivity index (χ3n) is 8.34. The summed E-state index contributed by atoms with van der Waals surface area (Å²) in [6.45, 7) is 7.99. The molecule has 0 unspecified atom stereocenters. The average molecular weight is 692 g/mol. The Kier molecular flexibility index (Phi) is 9.41. The van der Waals surface area contributed by atoms with Crippen molar-refractivity contribution >= 4 is 5.96 Å². The minimum Gasteiger partial charge on any atom is -0.378 e. The maximum absolute atomic E-state index is 13.9. The van der Waals surface area contributed by atoms with Crippen molar-refractivity contribution in [3.05, 3.63) is 69.8 Å². The normalized spacial score (nSPS) is 19.3. The fourth-order valence-corrected chi connectivity index (χ4v) is 6.81. The first-order valence-electron chi connectivity index (χ1n) is 14.6. The van der Waals surface area contributed by atoms with E-state index >= 15 is 0 Å². The lowest BCUT2D eigenvalue weighted by atomic mass is 9.73. The molecule has 2 aliphatic rings. The summed E-state index contributed by atoms with van der Waals surface area (Å²) in [5.74, 6) is 0.429. The van der Waals surface area contributed by atoms with E-state index < -0.39 is 81.7 Å². The number of guanidine groups is 1. The van der Waals surface area contributed by atoms with Gasteiger partial charge >= 0.3 is 24.7 Å². The summed E-state index contributed by atoms with van der Waals surface area (Å²) in [6.07, 6.45) is -20.4. The van der Waals surface area contributed by atoms with E-state index in [0.717, 1.165) is 0 Å². The highest BCUT2D eigenvalue weighted by molar-refractivity contribution is 5.83. The molecule has 47 heavy (non-hydrogen) atoms. The molecule has 0 spiro atoms. The molecule has 2 aliphatic heterocycles. The number of fused-ring (bicyclic) bond motifs is 1. The smallest absolute Gasteiger partial charge is 0.378 e. The molecule has 2 aromatic rings. The Morgan fingerprint density at radius 3 is 1.34 bits per heavy atom. The second kappa shape index (κ2) is 12.1. The molecular weight excluding hydrogens is 658 g/mol. The molecule has 2 heterocycles. The van der Waals surface area contributed by atoms with Crippen LogP contribution >= 0.6 is 0 Å². The van der Waals surface area contributed by atoms with Gasteiger partial charge in [-0.3, -0.25) is 4.99 Å². The van der Waals surface area contributed by atoms with Gasteiger partial charge in [-0.25, -0.2) is 0 Å². The Hall–Kier alpha value is -3.17. The number of aliphatic imine (C=N–C) groups is 1. The number of alkyl halides is 12. The highest BCUT2D eigenvalue weighted by Crippen LogP contribution is 2.46. The average Bonchev–Trinajstić information content (AvgIpc) is 3.32. The summed E-state index contributed by atoms with van der Waals surface area (Å²) in [4.78, 5) is 6.10. The third kappa shape index (κ3) is 7.78. The molecule has 0 radical (unpaired) electrons. The first-order valence-corrected chi connectivity index (χ1v) is 14.6. The van der Waals surface area contributed by atoms with Crippen molar-refractivity contribution in [2.24, 2.45) is 22.2 Å². The van der Waals surface area contributed by atoms with Crippen LogP contribution in [0.2, 0.25) is 0 Å². The van der Waals surface area contributed by atoms with Crippen LogP contribution in [0.25, 0.3) is 0 Å². The fourth-order valence-electron chi connectivity index (χ4n) is 6.81. The zero-order chi connectivity index (χ0) is 35.5. The molecule has 1 fully saturated rings. The van der Waals surface area contributed by atoms with Crippen molar-refractivity contribution in [2.75, 3.05) is 19.6 Å². The predicted octanol–water partition coefficient (Wildman–Crippen LogP) is 8.72. The van der Waals surface area contributed by atoms with Crippen LogP contribution in [-0.2, 0) is 30.3 Å². The number of nitrogens with zero attached hydrogens (tertiary/aromatic N) is 2. The highest BCUT2D eigenvalue weighted by atomic mass is 19.4. The van der Waals surface area contributed by atoms with E-state index in [9.17, 15) is 57.8 Å². The first-order chi connectivity index (χ1) is 21.2. The molecule has 2 N–H and O–H groups in total. The lowest BCUT2D eigenvalue weighted by Crippen LogP contribution is -2.49. The van der Waals surface area contributed by atoms with Gasteiger partial charge in [-0.05, 0) is 72.2 Å². The summed E-state index contributed by atoms with van der Waals surface area (Å²) in [6, 6.07) is -1.82. The van der Waals surface area contributed by atoms with Gasteiger partial charge in [0.2, 0.25) is 0 Å². The zero-order valence-electron chi connectivity index (χ0n) is 25.6. The molecular formula is C31H33F12N3O. The maximum Gasteiger partial charge on any atom is 0.416 e. The van der Waals surface area contributed by atoms with Crippen LogP contribution in [0.3, 0.4) is 0 Å². The second-order valence-corrected chi connectivity index (χ2v) is 13.3. The minimum atomic E-state index is -5.43. The van der Waals surface area contributed by atoms with Gasteiger partial charge < -0.3 is 15.3 Å². The fraction of sp³-hybridized carbons (Fsp3) is 0.581. The highest BCUT2D eigenvalue weighted by Gasteiger charge is 2.52. The number of benzene rings is 2. The van der Waals surface area contributed by atoms with Crippen molar-refractivity contribution < 1.29 is 57.8 Å². The van der Waals surface area contributed by atoms with E-state index in [4.69, 9.17) is 0 Å². The van der Waals surface area contributed by atoms with Crippen molar-refractivity contribution in [3.63, 3.8) is 0 Å². The maximum atomic E-state index is 13.9. The van der Waals surface area contributed by atoms with Crippen LogP contribution in [0.15, 0.2) is 41.4 Å². The van der Waals surface area contributed by atoms with Crippen molar-refractivity contribution in [2.45, 2.75) is 76.9 Å². The second-order valence-electron chi connectivity index (χ2n) is 13.3. The molecule has 4 nitrogen and oxygen atoms in total. The summed E-state index contributed by atoms with van der Waals surface area (Å²) in [7, 11) is 0. The quantitative estimate of drug-likeness (QED) is 0.286. The van der Waals surface area contributed by atoms with Crippen molar-refractivity contribution in [3.8, 4) is 0 Å². The van der Waals surface area contributed by atoms with Crippen LogP contribution in [0.4, 0.5) is 52.7 Å². The SMILES string of the molecule is CC(C)CC1(CC(C)C)CN=C2N[C@H](C(O)(c3cc(C(F)(F)F)cc(C(F)(F)F)c3)c3cc(C(F)(F)F)cc(C(F)(F)F)c3)CN2C1. The third-order valence-corrected chi connectivity index (χ3v) is 8.34. The first kappa shape index (κ1) is 36.7. The van der Waals surface area contributed by atoms with E-state index in [2.05, 4.69) is 10.3 Å². The molecule has 0 aliphatic carbocycles. The van der Waals surface area contributed by atoms with E-state index in [1.54, 1.807) is 4.90 Å². The summed E-state index contributed by atoms with van der Waals surface area (Å²) in [5.41, 5.74) is -13.8. The summed E-state index contributed by atoms with van der Waals surface area (Å²) in [5, 5.41) is 15.0. The van der Waals surface area contributed by atoms with Crippen LogP contribution < -0.4 is 5.32 Å². The van der Waals surface area contributed by atoms with Crippen LogP contribution in [-0.4, -0.2) is 41.6 Å². The number of hydrogen-bond donors (Lipinski definition) is 2. The summed E-state index contributed by atoms with van der Waals surface area (Å²) >= 11 is 0. The number of halogens is 12. The molecule has 0 saturated carbocycles. The lowest BCUT2D eigenvalue weighted by Gasteiger charge is -2.42. The largest absolute Gasteiger partial charge is 0.416 e. The van der Waals surface area contributed by atoms with Gasteiger partial charge in [-0.2, -0.15) is 52.7 Å². The van der Waals surface area contributed by atoms with Gasteiger partial charge in [0.05, 0.1) is 34.8 Å². The number of aliphatic hydroxyl groups is 1. The lowest BCUT2D eigenvalue weighted by molar-refractivity contribution is -0.144. The Bertz CT molecular complexity index is 1340. The molecule has 1 saturated heterocycles. The Morgan fingerprint density at radius 1 is 0.681 bits per heavy atom. The predicted molar refractivity (Wildman–Crippen MR) is 148 cm³/mol. The van der Waals surface area contributed by atoms with Gasteiger partial charge in [0.1, 0.15) is 5.60 Å². The van der Waals surface area contributed by atoms with Crippen LogP contribution in [0.1, 0.15) is 73.9 Å². The molecule has 0 aromatic heterocycles. The van der Waals surface area contributed by atoms with Gasteiger partial charge in [0.25, 0.3) is 0 Å². The number of nitrogens with one attached hydrogen (secondary N) is 1. The van der Waals surface area contributed by atoms with Gasteiger partial charge in [-0.15, -0.1) is 0 Å². The Labute approximate surface area is 262 Å². The molecule has 2 aromatic carbocycles. The zero-order valence-corrected chi connectivity index (χ0v) is 25.6. The number of rotatable bonds is 7. The van der Waals surface area contributed by atoms with Crippen molar-refractivity contribution in [1.29, 1.82) is 0 Å². The molecule has 16 heteroatoms.